The molecule has 30 heavy (non-hydrogen) atoms. The minimum absolute atomic E-state index is 0.195. The van der Waals surface area contributed by atoms with Gasteiger partial charge in [-0.3, -0.25) is 4.79 Å². The molecule has 156 valence electrons. The minimum atomic E-state index is -3.54. The van der Waals surface area contributed by atoms with Crippen molar-refractivity contribution in [1.82, 2.24) is 14.1 Å². The van der Waals surface area contributed by atoms with Gasteiger partial charge >= 0.3 is 0 Å². The lowest BCUT2D eigenvalue weighted by molar-refractivity contribution is 0.477. The lowest BCUT2D eigenvalue weighted by atomic mass is 10.1. The molecule has 0 atom stereocenters. The van der Waals surface area contributed by atoms with E-state index in [1.165, 1.54) is 10.7 Å². The molecular formula is C23H25N3O3S. The zero-order valence-corrected chi connectivity index (χ0v) is 18.0. The van der Waals surface area contributed by atoms with Crippen molar-refractivity contribution in [1.29, 1.82) is 0 Å². The largest absolute Gasteiger partial charge is 0.268 e. The van der Waals surface area contributed by atoms with E-state index in [4.69, 9.17) is 0 Å². The molecule has 1 aromatic heterocycles. The summed E-state index contributed by atoms with van der Waals surface area (Å²) in [6, 6.07) is 16.3. The van der Waals surface area contributed by atoms with Gasteiger partial charge in [-0.2, -0.15) is 9.40 Å². The van der Waals surface area contributed by atoms with Gasteiger partial charge in [0.2, 0.25) is 10.0 Å². The lowest BCUT2D eigenvalue weighted by Crippen LogP contribution is -2.28. The van der Waals surface area contributed by atoms with Crippen LogP contribution in [0.15, 0.2) is 64.3 Å². The number of aryl methyl sites for hydroxylation is 2. The molecule has 0 saturated carbocycles. The van der Waals surface area contributed by atoms with E-state index in [1.807, 2.05) is 37.3 Å². The van der Waals surface area contributed by atoms with E-state index in [0.717, 1.165) is 24.0 Å². The van der Waals surface area contributed by atoms with Crippen molar-refractivity contribution in [3.63, 3.8) is 0 Å². The Labute approximate surface area is 176 Å². The molecule has 2 heterocycles. The quantitative estimate of drug-likeness (QED) is 0.631. The SMILES string of the molecule is Cc1ccccc1Cn1nc(-c2ccc(C)c(S(=O)(=O)N3CCCC3)c2)ccc1=O. The number of rotatable bonds is 5. The van der Waals surface area contributed by atoms with Gasteiger partial charge in [0.1, 0.15) is 0 Å². The first-order valence-electron chi connectivity index (χ1n) is 10.1. The number of hydrogen-bond donors (Lipinski definition) is 0. The zero-order chi connectivity index (χ0) is 21.3. The molecule has 0 radical (unpaired) electrons. The Bertz CT molecular complexity index is 1240. The Kier molecular flexibility index (Phi) is 5.58. The molecule has 2 aromatic carbocycles. The molecule has 6 nitrogen and oxygen atoms in total. The van der Waals surface area contributed by atoms with E-state index in [1.54, 1.807) is 29.4 Å². The van der Waals surface area contributed by atoms with Crippen molar-refractivity contribution in [2.45, 2.75) is 38.1 Å². The van der Waals surface area contributed by atoms with Crippen LogP contribution in [0.5, 0.6) is 0 Å². The first kappa shape index (κ1) is 20.5. The molecule has 0 aliphatic carbocycles. The fourth-order valence-electron chi connectivity index (χ4n) is 3.77. The molecule has 0 unspecified atom stereocenters. The van der Waals surface area contributed by atoms with Crippen LogP contribution in [0, 0.1) is 13.8 Å². The molecule has 1 aliphatic heterocycles. The van der Waals surface area contributed by atoms with Gasteiger partial charge in [-0.15, -0.1) is 0 Å². The van der Waals surface area contributed by atoms with Crippen LogP contribution in [0.3, 0.4) is 0 Å². The van der Waals surface area contributed by atoms with E-state index < -0.39 is 10.0 Å². The van der Waals surface area contributed by atoms with E-state index >= 15 is 0 Å². The van der Waals surface area contributed by atoms with E-state index in [2.05, 4.69) is 5.10 Å². The fraction of sp³-hybridized carbons (Fsp3) is 0.304. The first-order chi connectivity index (χ1) is 14.4. The molecule has 7 heteroatoms. The highest BCUT2D eigenvalue weighted by Crippen LogP contribution is 2.27. The van der Waals surface area contributed by atoms with Crippen LogP contribution in [-0.2, 0) is 16.6 Å². The second-order valence-corrected chi connectivity index (χ2v) is 9.64. The molecule has 0 bridgehead atoms. The highest BCUT2D eigenvalue weighted by molar-refractivity contribution is 7.89. The van der Waals surface area contributed by atoms with Crippen molar-refractivity contribution >= 4 is 10.0 Å². The summed E-state index contributed by atoms with van der Waals surface area (Å²) in [6.07, 6.45) is 1.78. The van der Waals surface area contributed by atoms with Crippen LogP contribution in [0.2, 0.25) is 0 Å². The summed E-state index contributed by atoms with van der Waals surface area (Å²) in [5, 5.41) is 4.53. The summed E-state index contributed by atoms with van der Waals surface area (Å²) >= 11 is 0. The number of nitrogens with zero attached hydrogens (tertiary/aromatic N) is 3. The maximum Gasteiger partial charge on any atom is 0.267 e. The number of sulfonamides is 1. The topological polar surface area (TPSA) is 72.3 Å². The summed E-state index contributed by atoms with van der Waals surface area (Å²) in [7, 11) is -3.54. The maximum absolute atomic E-state index is 13.1. The van der Waals surface area contributed by atoms with E-state index in [0.29, 0.717) is 41.4 Å². The van der Waals surface area contributed by atoms with Gasteiger partial charge in [0.25, 0.3) is 5.56 Å². The van der Waals surface area contributed by atoms with Crippen LogP contribution < -0.4 is 5.56 Å². The second-order valence-electron chi connectivity index (χ2n) is 7.73. The number of aromatic nitrogens is 2. The summed E-state index contributed by atoms with van der Waals surface area (Å²) in [6.45, 7) is 5.29. The van der Waals surface area contributed by atoms with Gasteiger partial charge in [0.05, 0.1) is 17.1 Å². The standard InChI is InChI=1S/C23H25N3O3S/c1-17-7-3-4-8-20(17)16-26-23(27)12-11-21(24-26)19-10-9-18(2)22(15-19)30(28,29)25-13-5-6-14-25/h3-4,7-12,15H,5-6,13-14,16H2,1-2H3. The normalized spacial score (nSPS) is 14.9. The van der Waals surface area contributed by atoms with E-state index in [9.17, 15) is 13.2 Å². The monoisotopic (exact) mass is 423 g/mol. The van der Waals surface area contributed by atoms with Crippen LogP contribution in [0.25, 0.3) is 11.3 Å². The van der Waals surface area contributed by atoms with Gasteiger partial charge in [-0.1, -0.05) is 36.4 Å². The molecule has 3 aromatic rings. The predicted octanol–water partition coefficient (Wildman–Crippen LogP) is 3.36. The molecule has 1 saturated heterocycles. The van der Waals surface area contributed by atoms with Gasteiger partial charge in [0, 0.05) is 24.7 Å². The van der Waals surface area contributed by atoms with Crippen molar-refractivity contribution in [2.75, 3.05) is 13.1 Å². The molecular weight excluding hydrogens is 398 g/mol. The Balaban J connectivity index is 1.73. The van der Waals surface area contributed by atoms with Crippen molar-refractivity contribution in [2.24, 2.45) is 0 Å². The van der Waals surface area contributed by atoms with Gasteiger partial charge in [-0.25, -0.2) is 13.1 Å². The summed E-state index contributed by atoms with van der Waals surface area (Å²) < 4.78 is 29.1. The summed E-state index contributed by atoms with van der Waals surface area (Å²) in [5.41, 5.74) is 3.87. The average molecular weight is 424 g/mol. The molecule has 1 fully saturated rings. The molecule has 4 rings (SSSR count). The van der Waals surface area contributed by atoms with Crippen LogP contribution in [0.1, 0.15) is 29.5 Å². The first-order valence-corrected chi connectivity index (χ1v) is 11.5. The highest BCUT2D eigenvalue weighted by atomic mass is 32.2. The Morgan fingerprint density at radius 2 is 1.67 bits per heavy atom. The third-order valence-corrected chi connectivity index (χ3v) is 7.66. The van der Waals surface area contributed by atoms with Gasteiger partial charge in [0.15, 0.2) is 0 Å². The van der Waals surface area contributed by atoms with Crippen molar-refractivity contribution in [3.8, 4) is 11.3 Å². The van der Waals surface area contributed by atoms with Crippen LogP contribution in [0.4, 0.5) is 0 Å². The van der Waals surface area contributed by atoms with Crippen molar-refractivity contribution in [3.05, 3.63) is 81.6 Å². The third-order valence-electron chi connectivity index (χ3n) is 5.61. The Morgan fingerprint density at radius 1 is 0.933 bits per heavy atom. The summed E-state index contributed by atoms with van der Waals surface area (Å²) in [5.74, 6) is 0. The van der Waals surface area contributed by atoms with Crippen LogP contribution >= 0.6 is 0 Å². The molecule has 0 spiro atoms. The molecule has 0 amide bonds. The summed E-state index contributed by atoms with van der Waals surface area (Å²) in [4.78, 5) is 12.7. The maximum atomic E-state index is 13.1. The lowest BCUT2D eigenvalue weighted by Gasteiger charge is -2.18. The predicted molar refractivity (Wildman–Crippen MR) is 117 cm³/mol. The number of benzene rings is 2. The molecule has 1 aliphatic rings. The fourth-order valence-corrected chi connectivity index (χ4v) is 5.54. The average Bonchev–Trinajstić information content (AvgIpc) is 3.27. The minimum Gasteiger partial charge on any atom is -0.268 e. The highest BCUT2D eigenvalue weighted by Gasteiger charge is 2.28. The Hall–Kier alpha value is -2.77. The van der Waals surface area contributed by atoms with E-state index in [-0.39, 0.29) is 5.56 Å². The second kappa shape index (κ2) is 8.16. The van der Waals surface area contributed by atoms with Gasteiger partial charge in [-0.05, 0) is 55.5 Å². The third kappa shape index (κ3) is 3.95. The van der Waals surface area contributed by atoms with Gasteiger partial charge < -0.3 is 0 Å². The number of hydrogen-bond acceptors (Lipinski definition) is 4. The van der Waals surface area contributed by atoms with Crippen LogP contribution in [-0.4, -0.2) is 35.6 Å². The van der Waals surface area contributed by atoms with Crippen molar-refractivity contribution < 1.29 is 8.42 Å². The molecule has 0 N–H and O–H groups in total. The smallest absolute Gasteiger partial charge is 0.267 e. The Morgan fingerprint density at radius 3 is 2.40 bits per heavy atom. The zero-order valence-electron chi connectivity index (χ0n) is 17.2.